The lowest BCUT2D eigenvalue weighted by molar-refractivity contribution is -0.148. The van der Waals surface area contributed by atoms with E-state index in [1.54, 1.807) is 25.2 Å². The molecule has 0 N–H and O–H groups in total. The highest BCUT2D eigenvalue weighted by Crippen LogP contribution is 2.29. The van der Waals surface area contributed by atoms with Gasteiger partial charge in [0.1, 0.15) is 6.10 Å². The summed E-state index contributed by atoms with van der Waals surface area (Å²) in [6.45, 7) is 6.73. The number of allylic oxidation sites excluding steroid dienone is 3. The van der Waals surface area contributed by atoms with Gasteiger partial charge in [-0.3, -0.25) is 9.59 Å². The maximum absolute atomic E-state index is 12.1. The molecule has 5 nitrogen and oxygen atoms in total. The zero-order chi connectivity index (χ0) is 17.6. The van der Waals surface area contributed by atoms with Gasteiger partial charge in [-0.25, -0.2) is 4.79 Å². The Bertz CT molecular complexity index is 578. The molecule has 0 heterocycles. The SMILES string of the molecule is COC(=O)/C1=C\[C@H](OC(C)=O)C(C)(C)/C=C\C(=O)/C(C)=C\CC1. The van der Waals surface area contributed by atoms with Crippen LogP contribution in [0.5, 0.6) is 0 Å². The lowest BCUT2D eigenvalue weighted by Crippen LogP contribution is -2.31. The fourth-order valence-electron chi connectivity index (χ4n) is 2.21. The Morgan fingerprint density at radius 3 is 2.52 bits per heavy atom. The van der Waals surface area contributed by atoms with Crippen molar-refractivity contribution in [2.75, 3.05) is 7.11 Å². The number of hydrogen-bond acceptors (Lipinski definition) is 5. The van der Waals surface area contributed by atoms with Gasteiger partial charge < -0.3 is 9.47 Å². The molecule has 0 spiro atoms. The van der Waals surface area contributed by atoms with Gasteiger partial charge in [-0.15, -0.1) is 0 Å². The largest absolute Gasteiger partial charge is 0.466 e. The Balaban J connectivity index is 3.35. The topological polar surface area (TPSA) is 69.7 Å². The van der Waals surface area contributed by atoms with Crippen LogP contribution in [0.2, 0.25) is 0 Å². The molecule has 0 aromatic rings. The Hall–Kier alpha value is -2.17. The third kappa shape index (κ3) is 5.51. The third-order valence-corrected chi connectivity index (χ3v) is 3.74. The van der Waals surface area contributed by atoms with Gasteiger partial charge in [-0.2, -0.15) is 0 Å². The van der Waals surface area contributed by atoms with Crippen LogP contribution in [0.4, 0.5) is 0 Å². The highest BCUT2D eigenvalue weighted by Gasteiger charge is 2.30. The fraction of sp³-hybridized carbons (Fsp3) is 0.500. The number of carbonyl (C=O) groups excluding carboxylic acids is 3. The average molecular weight is 320 g/mol. The summed E-state index contributed by atoms with van der Waals surface area (Å²) in [5.41, 5.74) is 0.399. The molecule has 0 aromatic carbocycles. The molecule has 1 rings (SSSR count). The van der Waals surface area contributed by atoms with Crippen molar-refractivity contribution in [3.05, 3.63) is 35.5 Å². The normalized spacial score (nSPS) is 27.5. The molecule has 1 aliphatic carbocycles. The first-order chi connectivity index (χ1) is 10.7. The molecule has 0 bridgehead atoms. The van der Waals surface area contributed by atoms with Gasteiger partial charge in [0.15, 0.2) is 5.78 Å². The smallest absolute Gasteiger partial charge is 0.333 e. The second kappa shape index (κ2) is 7.90. The standard InChI is InChI=1S/C18H24O5/c1-12-7-6-8-14(17(21)22-5)11-16(23-13(2)19)18(3,4)10-9-15(12)20/h7,9-11,16H,6,8H2,1-5H3/b10-9-,12-7-,14-11-/t16-/m0/s1. The van der Waals surface area contributed by atoms with Crippen LogP contribution < -0.4 is 0 Å². The maximum atomic E-state index is 12.1. The van der Waals surface area contributed by atoms with Crippen LogP contribution in [0.15, 0.2) is 35.5 Å². The molecule has 0 fully saturated rings. The molecule has 0 saturated heterocycles. The first-order valence-corrected chi connectivity index (χ1v) is 7.54. The molecule has 0 aromatic heterocycles. The Morgan fingerprint density at radius 1 is 1.30 bits per heavy atom. The summed E-state index contributed by atoms with van der Waals surface area (Å²) in [6.07, 6.45) is 6.87. The van der Waals surface area contributed by atoms with E-state index in [9.17, 15) is 14.4 Å². The van der Waals surface area contributed by atoms with Crippen LogP contribution in [0, 0.1) is 5.41 Å². The Kier molecular flexibility index (Phi) is 6.49. The van der Waals surface area contributed by atoms with Gasteiger partial charge in [0.05, 0.1) is 7.11 Å². The molecule has 0 unspecified atom stereocenters. The minimum atomic E-state index is -0.670. The second-order valence-corrected chi connectivity index (χ2v) is 6.16. The molecule has 0 aliphatic heterocycles. The second-order valence-electron chi connectivity index (χ2n) is 6.16. The lowest BCUT2D eigenvalue weighted by atomic mass is 9.84. The first kappa shape index (κ1) is 18.9. The monoisotopic (exact) mass is 320 g/mol. The van der Waals surface area contributed by atoms with Crippen molar-refractivity contribution in [3.63, 3.8) is 0 Å². The van der Waals surface area contributed by atoms with Crippen molar-refractivity contribution < 1.29 is 23.9 Å². The molecule has 0 radical (unpaired) electrons. The highest BCUT2D eigenvalue weighted by molar-refractivity contribution is 6.03. The van der Waals surface area contributed by atoms with E-state index < -0.39 is 23.5 Å². The predicted octanol–water partition coefficient (Wildman–Crippen LogP) is 2.91. The van der Waals surface area contributed by atoms with E-state index in [1.165, 1.54) is 20.1 Å². The van der Waals surface area contributed by atoms with Crippen molar-refractivity contribution in [3.8, 4) is 0 Å². The van der Waals surface area contributed by atoms with Crippen molar-refractivity contribution >= 4 is 17.7 Å². The summed E-state index contributed by atoms with van der Waals surface area (Å²) in [4.78, 5) is 35.4. The summed E-state index contributed by atoms with van der Waals surface area (Å²) in [5.74, 6) is -1.01. The molecule has 23 heavy (non-hydrogen) atoms. The Morgan fingerprint density at radius 2 is 1.96 bits per heavy atom. The average Bonchev–Trinajstić information content (AvgIpc) is 2.49. The number of ether oxygens (including phenoxy) is 2. The highest BCUT2D eigenvalue weighted by atomic mass is 16.5. The molecule has 1 atom stereocenters. The molecular weight excluding hydrogens is 296 g/mol. The van der Waals surface area contributed by atoms with Crippen molar-refractivity contribution in [1.82, 2.24) is 0 Å². The first-order valence-electron chi connectivity index (χ1n) is 7.54. The van der Waals surface area contributed by atoms with Gasteiger partial charge in [0, 0.05) is 17.9 Å². The lowest BCUT2D eigenvalue weighted by Gasteiger charge is -2.29. The minimum absolute atomic E-state index is 0.0961. The van der Waals surface area contributed by atoms with E-state index in [-0.39, 0.29) is 5.78 Å². The van der Waals surface area contributed by atoms with Crippen LogP contribution in [-0.2, 0) is 23.9 Å². The molecule has 0 amide bonds. The maximum Gasteiger partial charge on any atom is 0.333 e. The van der Waals surface area contributed by atoms with Crippen LogP contribution in [0.3, 0.4) is 0 Å². The van der Waals surface area contributed by atoms with Crippen molar-refractivity contribution in [1.29, 1.82) is 0 Å². The third-order valence-electron chi connectivity index (χ3n) is 3.74. The van der Waals surface area contributed by atoms with Crippen LogP contribution in [0.1, 0.15) is 40.5 Å². The minimum Gasteiger partial charge on any atom is -0.466 e. The van der Waals surface area contributed by atoms with E-state index in [0.29, 0.717) is 24.0 Å². The number of ketones is 1. The number of esters is 2. The van der Waals surface area contributed by atoms with Crippen molar-refractivity contribution in [2.45, 2.75) is 46.6 Å². The quantitative estimate of drug-likeness (QED) is 0.732. The number of carbonyl (C=O) groups is 3. The van der Waals surface area contributed by atoms with E-state index in [2.05, 4.69) is 0 Å². The molecular formula is C18H24O5. The summed E-state index contributed by atoms with van der Waals surface area (Å²) in [6, 6.07) is 0. The molecule has 5 heteroatoms. The molecule has 1 aliphatic rings. The van der Waals surface area contributed by atoms with Gasteiger partial charge in [0.2, 0.25) is 0 Å². The molecule has 0 saturated carbocycles. The Labute approximate surface area is 137 Å². The van der Waals surface area contributed by atoms with Gasteiger partial charge in [0.25, 0.3) is 0 Å². The van der Waals surface area contributed by atoms with E-state index in [0.717, 1.165) is 0 Å². The van der Waals surface area contributed by atoms with Gasteiger partial charge in [-0.05, 0) is 37.5 Å². The zero-order valence-electron chi connectivity index (χ0n) is 14.3. The number of methoxy groups -OCH3 is 1. The van der Waals surface area contributed by atoms with E-state index in [1.807, 2.05) is 13.8 Å². The van der Waals surface area contributed by atoms with Crippen LogP contribution >= 0.6 is 0 Å². The van der Waals surface area contributed by atoms with Gasteiger partial charge in [-0.1, -0.05) is 26.0 Å². The van der Waals surface area contributed by atoms with E-state index in [4.69, 9.17) is 9.47 Å². The number of hydrogen-bond donors (Lipinski definition) is 0. The summed E-state index contributed by atoms with van der Waals surface area (Å²) in [5, 5.41) is 0. The number of rotatable bonds is 2. The summed E-state index contributed by atoms with van der Waals surface area (Å²) in [7, 11) is 1.31. The fourth-order valence-corrected chi connectivity index (χ4v) is 2.21. The van der Waals surface area contributed by atoms with Crippen LogP contribution in [0.25, 0.3) is 0 Å². The van der Waals surface area contributed by atoms with Crippen molar-refractivity contribution in [2.24, 2.45) is 5.41 Å². The predicted molar refractivity (Wildman–Crippen MR) is 86.6 cm³/mol. The van der Waals surface area contributed by atoms with E-state index >= 15 is 0 Å². The van der Waals surface area contributed by atoms with Gasteiger partial charge >= 0.3 is 11.9 Å². The summed E-state index contributed by atoms with van der Waals surface area (Å²) < 4.78 is 10.2. The molecule has 126 valence electrons. The summed E-state index contributed by atoms with van der Waals surface area (Å²) >= 11 is 0. The zero-order valence-corrected chi connectivity index (χ0v) is 14.3. The van der Waals surface area contributed by atoms with Crippen LogP contribution in [-0.4, -0.2) is 30.9 Å².